The Morgan fingerprint density at radius 3 is 3.00 bits per heavy atom. The Morgan fingerprint density at radius 1 is 1.57 bits per heavy atom. The summed E-state index contributed by atoms with van der Waals surface area (Å²) in [6.07, 6.45) is 1.61. The van der Waals surface area contributed by atoms with Crippen molar-refractivity contribution < 1.29 is 9.52 Å². The van der Waals surface area contributed by atoms with Crippen LogP contribution in [0.15, 0.2) is 32.8 Å². The zero-order valence-electron chi connectivity index (χ0n) is 7.18. The van der Waals surface area contributed by atoms with Crippen LogP contribution in [0.5, 0.6) is 0 Å². The van der Waals surface area contributed by atoms with E-state index >= 15 is 0 Å². The van der Waals surface area contributed by atoms with E-state index in [0.29, 0.717) is 16.9 Å². The molecule has 0 radical (unpaired) electrons. The van der Waals surface area contributed by atoms with Crippen molar-refractivity contribution >= 4 is 27.3 Å². The highest BCUT2D eigenvalue weighted by Gasteiger charge is 2.13. The molecular formula is C9H8BrNO2S. The monoisotopic (exact) mass is 273 g/mol. The maximum absolute atomic E-state index is 9.76. The molecule has 2 rings (SSSR count). The highest BCUT2D eigenvalue weighted by Crippen LogP contribution is 2.23. The summed E-state index contributed by atoms with van der Waals surface area (Å²) < 4.78 is 5.87. The van der Waals surface area contributed by atoms with Gasteiger partial charge in [-0.05, 0) is 28.1 Å². The summed E-state index contributed by atoms with van der Waals surface area (Å²) in [6.45, 7) is 0. The maximum atomic E-state index is 9.76. The Morgan fingerprint density at radius 2 is 2.43 bits per heavy atom. The molecule has 5 heteroatoms. The van der Waals surface area contributed by atoms with Gasteiger partial charge in [0.2, 0.25) is 0 Å². The molecule has 0 bridgehead atoms. The van der Waals surface area contributed by atoms with Gasteiger partial charge in [-0.3, -0.25) is 0 Å². The number of nitrogens with zero attached hydrogens (tertiary/aromatic N) is 1. The highest BCUT2D eigenvalue weighted by atomic mass is 79.9. The summed E-state index contributed by atoms with van der Waals surface area (Å²) in [5.41, 5.74) is 0. The molecule has 0 saturated carbocycles. The van der Waals surface area contributed by atoms with Crippen molar-refractivity contribution in [3.8, 4) is 0 Å². The Hall–Kier alpha value is -0.650. The van der Waals surface area contributed by atoms with Crippen LogP contribution in [0.25, 0.3) is 0 Å². The largest absolute Gasteiger partial charge is 0.452 e. The van der Waals surface area contributed by atoms with E-state index in [4.69, 9.17) is 4.42 Å². The summed E-state index contributed by atoms with van der Waals surface area (Å²) >= 11 is 4.72. The van der Waals surface area contributed by atoms with E-state index in [1.54, 1.807) is 18.3 Å². The zero-order valence-corrected chi connectivity index (χ0v) is 9.59. The van der Waals surface area contributed by atoms with Crippen molar-refractivity contribution in [1.82, 2.24) is 4.98 Å². The van der Waals surface area contributed by atoms with Crippen molar-refractivity contribution in [2.45, 2.75) is 12.5 Å². The third-order valence-electron chi connectivity index (χ3n) is 1.77. The molecule has 0 spiro atoms. The van der Waals surface area contributed by atoms with E-state index in [2.05, 4.69) is 20.9 Å². The standard InChI is InChI=1S/C9H8BrNO2S/c10-8-2-1-7(13-8)6(12)5-9-11-3-4-14-9/h1-4,6,12H,5H2. The van der Waals surface area contributed by atoms with E-state index in [0.717, 1.165) is 5.01 Å². The van der Waals surface area contributed by atoms with E-state index in [1.807, 2.05) is 5.38 Å². The van der Waals surface area contributed by atoms with E-state index in [9.17, 15) is 5.11 Å². The highest BCUT2D eigenvalue weighted by molar-refractivity contribution is 9.10. The average Bonchev–Trinajstić information content (AvgIpc) is 2.75. The second kappa shape index (κ2) is 4.25. The van der Waals surface area contributed by atoms with Crippen molar-refractivity contribution in [1.29, 1.82) is 0 Å². The van der Waals surface area contributed by atoms with Crippen LogP contribution in [-0.2, 0) is 6.42 Å². The van der Waals surface area contributed by atoms with E-state index < -0.39 is 6.10 Å². The molecular weight excluding hydrogens is 266 g/mol. The van der Waals surface area contributed by atoms with Gasteiger partial charge in [-0.1, -0.05) is 0 Å². The summed E-state index contributed by atoms with van der Waals surface area (Å²) in [5, 5.41) is 12.6. The number of furan rings is 1. The van der Waals surface area contributed by atoms with Crippen LogP contribution in [0.4, 0.5) is 0 Å². The molecule has 0 aliphatic rings. The lowest BCUT2D eigenvalue weighted by molar-refractivity contribution is 0.148. The maximum Gasteiger partial charge on any atom is 0.169 e. The molecule has 14 heavy (non-hydrogen) atoms. The molecule has 0 fully saturated rings. The first-order valence-corrected chi connectivity index (χ1v) is 5.74. The second-order valence-electron chi connectivity index (χ2n) is 2.79. The number of halogens is 1. The number of rotatable bonds is 3. The van der Waals surface area contributed by atoms with Crippen LogP contribution >= 0.6 is 27.3 Å². The lowest BCUT2D eigenvalue weighted by atomic mass is 10.2. The van der Waals surface area contributed by atoms with Gasteiger partial charge < -0.3 is 9.52 Å². The predicted octanol–water partition coefficient (Wildman–Crippen LogP) is 2.77. The normalized spacial score (nSPS) is 13.0. The molecule has 1 N–H and O–H groups in total. The van der Waals surface area contributed by atoms with Gasteiger partial charge in [-0.15, -0.1) is 11.3 Å². The Balaban J connectivity index is 2.06. The molecule has 2 heterocycles. The van der Waals surface area contributed by atoms with Crippen LogP contribution in [0.2, 0.25) is 0 Å². The number of aliphatic hydroxyl groups excluding tert-OH is 1. The van der Waals surface area contributed by atoms with Crippen LogP contribution in [-0.4, -0.2) is 10.1 Å². The average molecular weight is 274 g/mol. The minimum Gasteiger partial charge on any atom is -0.452 e. The van der Waals surface area contributed by atoms with Gasteiger partial charge >= 0.3 is 0 Å². The number of aromatic nitrogens is 1. The molecule has 3 nitrogen and oxygen atoms in total. The van der Waals surface area contributed by atoms with Crippen molar-refractivity contribution in [3.05, 3.63) is 39.1 Å². The van der Waals surface area contributed by atoms with Gasteiger partial charge in [0.25, 0.3) is 0 Å². The smallest absolute Gasteiger partial charge is 0.169 e. The van der Waals surface area contributed by atoms with Crippen molar-refractivity contribution in [2.24, 2.45) is 0 Å². The topological polar surface area (TPSA) is 46.3 Å². The Kier molecular flexibility index (Phi) is 3.00. The lowest BCUT2D eigenvalue weighted by Gasteiger charge is -2.04. The second-order valence-corrected chi connectivity index (χ2v) is 4.55. The first-order valence-electron chi connectivity index (χ1n) is 4.07. The third-order valence-corrected chi connectivity index (χ3v) is 3.00. The minimum absolute atomic E-state index is 0.498. The van der Waals surface area contributed by atoms with Gasteiger partial charge in [-0.25, -0.2) is 4.98 Å². The number of aliphatic hydroxyl groups is 1. The van der Waals surface area contributed by atoms with Crippen LogP contribution in [0.3, 0.4) is 0 Å². The number of hydrogen-bond donors (Lipinski definition) is 1. The fourth-order valence-corrected chi connectivity index (χ4v) is 2.10. The molecule has 0 aliphatic carbocycles. The molecule has 74 valence electrons. The summed E-state index contributed by atoms with van der Waals surface area (Å²) in [5.74, 6) is 0.562. The van der Waals surface area contributed by atoms with Crippen LogP contribution < -0.4 is 0 Å². The van der Waals surface area contributed by atoms with Crippen LogP contribution in [0.1, 0.15) is 16.9 Å². The third kappa shape index (κ3) is 2.23. The van der Waals surface area contributed by atoms with E-state index in [-0.39, 0.29) is 0 Å². The molecule has 0 amide bonds. The van der Waals surface area contributed by atoms with Gasteiger partial charge in [-0.2, -0.15) is 0 Å². The summed E-state index contributed by atoms with van der Waals surface area (Å²) in [6, 6.07) is 3.52. The lowest BCUT2D eigenvalue weighted by Crippen LogP contribution is -1.99. The Bertz CT molecular complexity index is 399. The fraction of sp³-hybridized carbons (Fsp3) is 0.222. The first kappa shape index (κ1) is 9.89. The van der Waals surface area contributed by atoms with Crippen molar-refractivity contribution in [2.75, 3.05) is 0 Å². The molecule has 0 aliphatic heterocycles. The molecule has 1 unspecified atom stereocenters. The SMILES string of the molecule is OC(Cc1nccs1)c1ccc(Br)o1. The molecule has 0 aromatic carbocycles. The van der Waals surface area contributed by atoms with Gasteiger partial charge in [0.05, 0.1) is 5.01 Å². The molecule has 1 atom stereocenters. The minimum atomic E-state index is -0.618. The van der Waals surface area contributed by atoms with Crippen LogP contribution in [0, 0.1) is 0 Å². The van der Waals surface area contributed by atoms with Crippen molar-refractivity contribution in [3.63, 3.8) is 0 Å². The number of hydrogen-bond acceptors (Lipinski definition) is 4. The molecule has 2 aromatic heterocycles. The van der Waals surface area contributed by atoms with E-state index in [1.165, 1.54) is 11.3 Å². The zero-order chi connectivity index (χ0) is 9.97. The quantitative estimate of drug-likeness (QED) is 0.936. The Labute approximate surface area is 93.5 Å². The van der Waals surface area contributed by atoms with Gasteiger partial charge in [0, 0.05) is 18.0 Å². The summed E-state index contributed by atoms with van der Waals surface area (Å²) in [4.78, 5) is 4.09. The first-order chi connectivity index (χ1) is 6.75. The predicted molar refractivity (Wildman–Crippen MR) is 57.2 cm³/mol. The number of thiazole rings is 1. The van der Waals surface area contributed by atoms with Gasteiger partial charge in [0.15, 0.2) is 4.67 Å². The fourth-order valence-electron chi connectivity index (χ4n) is 1.13. The molecule has 0 saturated heterocycles. The molecule has 2 aromatic rings. The summed E-state index contributed by atoms with van der Waals surface area (Å²) in [7, 11) is 0. The van der Waals surface area contributed by atoms with Gasteiger partial charge in [0.1, 0.15) is 11.9 Å².